The summed E-state index contributed by atoms with van der Waals surface area (Å²) >= 11 is 0. The Morgan fingerprint density at radius 2 is 2.00 bits per heavy atom. The molecule has 0 spiro atoms. The first-order valence-corrected chi connectivity index (χ1v) is 7.67. The largest absolute Gasteiger partial charge is 0.440 e. The predicted octanol–water partition coefficient (Wildman–Crippen LogP) is 3.71. The highest BCUT2D eigenvalue weighted by Crippen LogP contribution is 2.39. The van der Waals surface area contributed by atoms with Crippen molar-refractivity contribution in [3.05, 3.63) is 29.2 Å². The van der Waals surface area contributed by atoms with Crippen molar-refractivity contribution in [3.8, 4) is 0 Å². The summed E-state index contributed by atoms with van der Waals surface area (Å²) in [4.78, 5) is 6.16. The van der Waals surface area contributed by atoms with Crippen LogP contribution in [0, 0.1) is 0 Å². The van der Waals surface area contributed by atoms with Gasteiger partial charge < -0.3 is 9.52 Å². The number of halogens is 3. The van der Waals surface area contributed by atoms with Crippen molar-refractivity contribution in [1.82, 2.24) is 9.88 Å². The van der Waals surface area contributed by atoms with E-state index in [1.54, 1.807) is 6.07 Å². The maximum Gasteiger partial charge on any atom is 0.420 e. The Morgan fingerprint density at radius 1 is 1.30 bits per heavy atom. The van der Waals surface area contributed by atoms with Crippen LogP contribution in [0.2, 0.25) is 0 Å². The number of rotatable bonds is 4. The van der Waals surface area contributed by atoms with Gasteiger partial charge in [0.25, 0.3) is 0 Å². The molecule has 23 heavy (non-hydrogen) atoms. The van der Waals surface area contributed by atoms with Gasteiger partial charge in [-0.1, -0.05) is 13.8 Å². The fourth-order valence-electron chi connectivity index (χ4n) is 2.81. The molecule has 0 amide bonds. The van der Waals surface area contributed by atoms with Crippen molar-refractivity contribution in [2.24, 2.45) is 0 Å². The fraction of sp³-hybridized carbons (Fsp3) is 0.562. The molecule has 1 fully saturated rings. The number of aromatic nitrogens is 1. The van der Waals surface area contributed by atoms with Crippen molar-refractivity contribution in [2.75, 3.05) is 19.7 Å². The topological polar surface area (TPSA) is 49.5 Å². The maximum atomic E-state index is 13.4. The molecule has 1 aromatic carbocycles. The SMILES string of the molecule is CC(C)c1nc2cc([C@@H](CO)N3CCC3)cc(C(F)(F)F)c2o1. The first kappa shape index (κ1) is 16.3. The van der Waals surface area contributed by atoms with Crippen LogP contribution in [0.15, 0.2) is 16.5 Å². The van der Waals surface area contributed by atoms with E-state index >= 15 is 0 Å². The molecule has 1 aliphatic rings. The number of oxazole rings is 1. The number of aliphatic hydroxyl groups is 1. The molecule has 0 saturated carbocycles. The van der Waals surface area contributed by atoms with Crippen LogP contribution in [-0.4, -0.2) is 34.7 Å². The summed E-state index contributed by atoms with van der Waals surface area (Å²) in [6, 6.07) is 2.24. The van der Waals surface area contributed by atoms with E-state index in [2.05, 4.69) is 4.98 Å². The molecule has 0 bridgehead atoms. The second-order valence-corrected chi connectivity index (χ2v) is 6.21. The Kier molecular flexibility index (Phi) is 4.10. The lowest BCUT2D eigenvalue weighted by Gasteiger charge is -2.37. The highest BCUT2D eigenvalue weighted by molar-refractivity contribution is 5.78. The first-order chi connectivity index (χ1) is 10.8. The monoisotopic (exact) mass is 328 g/mol. The molecule has 1 atom stereocenters. The van der Waals surface area contributed by atoms with Crippen LogP contribution in [0.5, 0.6) is 0 Å². The molecule has 1 aromatic heterocycles. The zero-order valence-electron chi connectivity index (χ0n) is 13.0. The van der Waals surface area contributed by atoms with Crippen LogP contribution in [0.25, 0.3) is 11.1 Å². The number of hydrogen-bond donors (Lipinski definition) is 1. The molecular formula is C16H19F3N2O2. The van der Waals surface area contributed by atoms with Crippen LogP contribution in [0.1, 0.15) is 49.2 Å². The van der Waals surface area contributed by atoms with Crippen LogP contribution in [-0.2, 0) is 6.18 Å². The lowest BCUT2D eigenvalue weighted by Crippen LogP contribution is -2.41. The summed E-state index contributed by atoms with van der Waals surface area (Å²) in [5.41, 5.74) is -0.443. The van der Waals surface area contributed by atoms with Crippen molar-refractivity contribution >= 4 is 11.1 Å². The Morgan fingerprint density at radius 3 is 2.48 bits per heavy atom. The number of aliphatic hydroxyl groups excluding tert-OH is 1. The van der Waals surface area contributed by atoms with Gasteiger partial charge in [0.05, 0.1) is 12.6 Å². The third-order valence-electron chi connectivity index (χ3n) is 4.22. The highest BCUT2D eigenvalue weighted by Gasteiger charge is 2.37. The Balaban J connectivity index is 2.15. The van der Waals surface area contributed by atoms with Crippen LogP contribution >= 0.6 is 0 Å². The average molecular weight is 328 g/mol. The molecule has 7 heteroatoms. The van der Waals surface area contributed by atoms with E-state index in [1.807, 2.05) is 18.7 Å². The summed E-state index contributed by atoms with van der Waals surface area (Å²) in [6.07, 6.45) is -3.54. The van der Waals surface area contributed by atoms with Crippen molar-refractivity contribution < 1.29 is 22.7 Å². The van der Waals surface area contributed by atoms with E-state index in [4.69, 9.17) is 4.42 Å². The van der Waals surface area contributed by atoms with Gasteiger partial charge in [0.1, 0.15) is 11.1 Å². The lowest BCUT2D eigenvalue weighted by molar-refractivity contribution is -0.137. The quantitative estimate of drug-likeness (QED) is 0.929. The van der Waals surface area contributed by atoms with E-state index in [-0.39, 0.29) is 29.5 Å². The Bertz CT molecular complexity index is 705. The summed E-state index contributed by atoms with van der Waals surface area (Å²) in [6.45, 7) is 4.96. The lowest BCUT2D eigenvalue weighted by atomic mass is 9.99. The van der Waals surface area contributed by atoms with E-state index < -0.39 is 17.8 Å². The Hall–Kier alpha value is -1.60. The Labute approximate surface area is 131 Å². The summed E-state index contributed by atoms with van der Waals surface area (Å²) < 4.78 is 45.6. The molecular weight excluding hydrogens is 309 g/mol. The van der Waals surface area contributed by atoms with Crippen LogP contribution < -0.4 is 0 Å². The summed E-state index contributed by atoms with van der Waals surface area (Å²) in [7, 11) is 0. The normalized spacial score (nSPS) is 17.7. The minimum Gasteiger partial charge on any atom is -0.440 e. The number of alkyl halides is 3. The van der Waals surface area contributed by atoms with E-state index in [0.29, 0.717) is 5.56 Å². The van der Waals surface area contributed by atoms with Gasteiger partial charge in [0.2, 0.25) is 0 Å². The number of fused-ring (bicyclic) bond motifs is 1. The van der Waals surface area contributed by atoms with E-state index in [1.165, 1.54) is 0 Å². The molecule has 4 nitrogen and oxygen atoms in total. The zero-order valence-corrected chi connectivity index (χ0v) is 13.0. The number of benzene rings is 1. The minimum absolute atomic E-state index is 0.101. The fourth-order valence-corrected chi connectivity index (χ4v) is 2.81. The predicted molar refractivity (Wildman–Crippen MR) is 79.1 cm³/mol. The van der Waals surface area contributed by atoms with Gasteiger partial charge in [0.15, 0.2) is 11.5 Å². The second-order valence-electron chi connectivity index (χ2n) is 6.21. The molecule has 2 heterocycles. The highest BCUT2D eigenvalue weighted by atomic mass is 19.4. The molecule has 3 rings (SSSR count). The maximum absolute atomic E-state index is 13.4. The zero-order chi connectivity index (χ0) is 16.8. The van der Waals surface area contributed by atoms with Gasteiger partial charge >= 0.3 is 6.18 Å². The number of nitrogens with zero attached hydrogens (tertiary/aromatic N) is 2. The van der Waals surface area contributed by atoms with E-state index in [0.717, 1.165) is 25.6 Å². The molecule has 1 N–H and O–H groups in total. The molecule has 2 aromatic rings. The smallest absolute Gasteiger partial charge is 0.420 e. The van der Waals surface area contributed by atoms with Gasteiger partial charge in [-0.25, -0.2) is 4.98 Å². The average Bonchev–Trinajstić information content (AvgIpc) is 2.84. The number of likely N-dealkylation sites (tertiary alicyclic amines) is 1. The van der Waals surface area contributed by atoms with Gasteiger partial charge in [-0.05, 0) is 24.1 Å². The van der Waals surface area contributed by atoms with Gasteiger partial charge in [-0.15, -0.1) is 0 Å². The van der Waals surface area contributed by atoms with Crippen molar-refractivity contribution in [3.63, 3.8) is 0 Å². The molecule has 0 unspecified atom stereocenters. The summed E-state index contributed by atoms with van der Waals surface area (Å²) in [5, 5.41) is 9.61. The second kappa shape index (κ2) is 5.79. The third-order valence-corrected chi connectivity index (χ3v) is 4.22. The molecule has 1 saturated heterocycles. The standard InChI is InChI=1S/C16H19F3N2O2/c1-9(2)15-20-12-7-10(13(8-22)21-4-3-5-21)6-11(14(12)23-15)16(17,18)19/h6-7,9,13,22H,3-5,8H2,1-2H3/t13-/m1/s1. The molecule has 0 radical (unpaired) electrons. The van der Waals surface area contributed by atoms with Crippen LogP contribution in [0.3, 0.4) is 0 Å². The first-order valence-electron chi connectivity index (χ1n) is 7.67. The van der Waals surface area contributed by atoms with Gasteiger partial charge in [-0.3, -0.25) is 4.90 Å². The van der Waals surface area contributed by atoms with Gasteiger partial charge in [-0.2, -0.15) is 13.2 Å². The third kappa shape index (κ3) is 2.95. The van der Waals surface area contributed by atoms with Crippen LogP contribution in [0.4, 0.5) is 13.2 Å². The number of hydrogen-bond acceptors (Lipinski definition) is 4. The van der Waals surface area contributed by atoms with Crippen molar-refractivity contribution in [1.29, 1.82) is 0 Å². The van der Waals surface area contributed by atoms with E-state index in [9.17, 15) is 18.3 Å². The minimum atomic E-state index is -4.53. The molecule has 0 aliphatic carbocycles. The van der Waals surface area contributed by atoms with Crippen molar-refractivity contribution in [2.45, 2.75) is 38.4 Å². The molecule has 126 valence electrons. The molecule has 1 aliphatic heterocycles. The summed E-state index contributed by atoms with van der Waals surface area (Å²) in [5.74, 6) is 0.183. The van der Waals surface area contributed by atoms with Gasteiger partial charge in [0, 0.05) is 19.0 Å².